The second-order valence-corrected chi connectivity index (χ2v) is 6.45. The van der Waals surface area contributed by atoms with Crippen LogP contribution in [0.15, 0.2) is 48.5 Å². The van der Waals surface area contributed by atoms with Crippen molar-refractivity contribution in [2.75, 3.05) is 4.90 Å². The summed E-state index contributed by atoms with van der Waals surface area (Å²) in [6.45, 7) is 5.29. The van der Waals surface area contributed by atoms with Crippen molar-refractivity contribution in [3.8, 4) is 22.5 Å². The van der Waals surface area contributed by atoms with E-state index in [0.717, 1.165) is 29.1 Å². The largest absolute Gasteiger partial charge is 0.364 e. The fourth-order valence-corrected chi connectivity index (χ4v) is 3.48. The molecule has 0 saturated heterocycles. The molecular weight excluding hydrogens is 304 g/mol. The van der Waals surface area contributed by atoms with Crippen LogP contribution in [0, 0.1) is 0 Å². The molecule has 0 atom stereocenters. The molecule has 1 aliphatic heterocycles. The fraction of sp³-hybridized carbons (Fsp3) is 0.222. The molecule has 0 amide bonds. The van der Waals surface area contributed by atoms with Crippen LogP contribution in [-0.4, -0.2) is 20.4 Å². The molecule has 0 aliphatic carbocycles. The highest BCUT2D eigenvalue weighted by Gasteiger charge is 2.26. The Balaban J connectivity index is 2.08. The van der Waals surface area contributed by atoms with E-state index in [2.05, 4.69) is 84.3 Å². The lowest BCUT2D eigenvalue weighted by Crippen LogP contribution is -2.31. The second-order valence-electron chi connectivity index (χ2n) is 6.07. The van der Waals surface area contributed by atoms with Crippen molar-refractivity contribution in [2.45, 2.75) is 26.4 Å². The van der Waals surface area contributed by atoms with Gasteiger partial charge in [-0.25, -0.2) is 0 Å². The van der Waals surface area contributed by atoms with Gasteiger partial charge in [0.15, 0.2) is 0 Å². The van der Waals surface area contributed by atoms with Gasteiger partial charge in [0, 0.05) is 29.4 Å². The van der Waals surface area contributed by atoms with Crippen molar-refractivity contribution < 1.29 is 0 Å². The third-order valence-electron chi connectivity index (χ3n) is 4.36. The lowest BCUT2D eigenvalue weighted by molar-refractivity contribution is 0.683. The number of anilines is 1. The van der Waals surface area contributed by atoms with Gasteiger partial charge in [-0.05, 0) is 38.3 Å². The van der Waals surface area contributed by atoms with Crippen LogP contribution in [0.4, 0.5) is 5.69 Å². The van der Waals surface area contributed by atoms with Gasteiger partial charge in [-0.3, -0.25) is 0 Å². The maximum absolute atomic E-state index is 4.48. The summed E-state index contributed by atoms with van der Waals surface area (Å²) in [6, 6.07) is 17.2. The number of hydrogen-bond acceptors (Lipinski definition) is 4. The van der Waals surface area contributed by atoms with Crippen LogP contribution in [0.2, 0.25) is 0 Å². The lowest BCUT2D eigenvalue weighted by atomic mass is 9.95. The van der Waals surface area contributed by atoms with E-state index < -0.39 is 0 Å². The molecule has 0 saturated carbocycles. The number of aromatic nitrogens is 3. The van der Waals surface area contributed by atoms with E-state index in [1.165, 1.54) is 11.3 Å². The monoisotopic (exact) mass is 322 g/mol. The van der Waals surface area contributed by atoms with Gasteiger partial charge in [0.2, 0.25) is 0 Å². The van der Waals surface area contributed by atoms with E-state index in [4.69, 9.17) is 0 Å². The summed E-state index contributed by atoms with van der Waals surface area (Å²) in [5.41, 5.74) is 6.53. The Hall–Kier alpha value is -2.27. The Morgan fingerprint density at radius 2 is 1.70 bits per heavy atom. The normalized spacial score (nSPS) is 13.1. The molecule has 3 aromatic rings. The van der Waals surface area contributed by atoms with Crippen molar-refractivity contribution in [3.63, 3.8) is 0 Å². The first kappa shape index (κ1) is 14.3. The summed E-state index contributed by atoms with van der Waals surface area (Å²) >= 11 is 4.48. The second kappa shape index (κ2) is 5.42. The minimum absolute atomic E-state index is 0.386. The van der Waals surface area contributed by atoms with Crippen LogP contribution >= 0.6 is 12.8 Å². The van der Waals surface area contributed by atoms with Gasteiger partial charge in [0.05, 0.1) is 0 Å². The van der Waals surface area contributed by atoms with E-state index >= 15 is 0 Å². The number of benzene rings is 2. The molecule has 0 bridgehead atoms. The predicted octanol–water partition coefficient (Wildman–Crippen LogP) is 4.03. The lowest BCUT2D eigenvalue weighted by Gasteiger charge is -2.33. The van der Waals surface area contributed by atoms with Crippen LogP contribution in [0.1, 0.15) is 19.4 Å². The smallest absolute Gasteiger partial charge is 0.124 e. The third-order valence-corrected chi connectivity index (χ3v) is 4.64. The molecule has 1 aliphatic rings. The van der Waals surface area contributed by atoms with Gasteiger partial charge in [-0.2, -0.15) is 4.09 Å². The van der Waals surface area contributed by atoms with Crippen LogP contribution in [0.25, 0.3) is 22.5 Å². The van der Waals surface area contributed by atoms with E-state index in [9.17, 15) is 0 Å². The molecule has 4 nitrogen and oxygen atoms in total. The molecule has 4 rings (SSSR count). The number of para-hydroxylation sites is 1. The molecule has 2 heterocycles. The fourth-order valence-electron chi connectivity index (χ4n) is 3.23. The standard InChI is InChI=1S/C18H18N4S/c1-12(2)21-11-13-7-3-4-8-14(13)18-17(19-20-22(18)23)15-9-5-6-10-16(15)21/h3-10,12,23H,11H2,1-2H3. The topological polar surface area (TPSA) is 34.0 Å². The van der Waals surface area contributed by atoms with Crippen molar-refractivity contribution in [1.82, 2.24) is 14.4 Å². The van der Waals surface area contributed by atoms with E-state index in [1.807, 2.05) is 6.07 Å². The Morgan fingerprint density at radius 1 is 1.00 bits per heavy atom. The molecule has 0 fully saturated rings. The Bertz CT molecular complexity index is 869. The maximum Gasteiger partial charge on any atom is 0.124 e. The van der Waals surface area contributed by atoms with Gasteiger partial charge in [-0.1, -0.05) is 47.7 Å². The average molecular weight is 322 g/mol. The molecule has 1 aromatic heterocycles. The summed E-state index contributed by atoms with van der Waals surface area (Å²) < 4.78 is 1.58. The number of thiol groups is 1. The molecule has 23 heavy (non-hydrogen) atoms. The predicted molar refractivity (Wildman–Crippen MR) is 96.6 cm³/mol. The Labute approximate surface area is 141 Å². The van der Waals surface area contributed by atoms with Crippen molar-refractivity contribution in [1.29, 1.82) is 0 Å². The molecule has 0 radical (unpaired) electrons. The Kier molecular flexibility index (Phi) is 3.38. The zero-order chi connectivity index (χ0) is 16.0. The van der Waals surface area contributed by atoms with E-state index in [0.29, 0.717) is 6.04 Å². The number of nitrogens with zero attached hydrogens (tertiary/aromatic N) is 4. The van der Waals surface area contributed by atoms with Gasteiger partial charge >= 0.3 is 0 Å². The summed E-state index contributed by atoms with van der Waals surface area (Å²) in [6.07, 6.45) is 0. The molecule has 5 heteroatoms. The Morgan fingerprint density at radius 3 is 2.48 bits per heavy atom. The summed E-state index contributed by atoms with van der Waals surface area (Å²) in [7, 11) is 0. The van der Waals surface area contributed by atoms with Crippen LogP contribution < -0.4 is 4.90 Å². The highest BCUT2D eigenvalue weighted by atomic mass is 32.1. The van der Waals surface area contributed by atoms with Gasteiger partial charge in [0.1, 0.15) is 11.4 Å². The first-order valence-corrected chi connectivity index (χ1v) is 8.16. The summed E-state index contributed by atoms with van der Waals surface area (Å²) in [5.74, 6) is 0. The molecule has 0 unspecified atom stereocenters. The van der Waals surface area contributed by atoms with Gasteiger partial charge in [-0.15, -0.1) is 5.10 Å². The maximum atomic E-state index is 4.48. The zero-order valence-corrected chi connectivity index (χ0v) is 14.0. The van der Waals surface area contributed by atoms with E-state index in [-0.39, 0.29) is 0 Å². The van der Waals surface area contributed by atoms with Crippen LogP contribution in [-0.2, 0) is 6.54 Å². The first-order chi connectivity index (χ1) is 11.2. The quantitative estimate of drug-likeness (QED) is 0.687. The van der Waals surface area contributed by atoms with Gasteiger partial charge in [0.25, 0.3) is 0 Å². The molecule has 0 spiro atoms. The van der Waals surface area contributed by atoms with Gasteiger partial charge < -0.3 is 4.90 Å². The van der Waals surface area contributed by atoms with Crippen molar-refractivity contribution in [2.24, 2.45) is 0 Å². The number of fused-ring (bicyclic) bond motifs is 5. The van der Waals surface area contributed by atoms with Crippen LogP contribution in [0.5, 0.6) is 0 Å². The first-order valence-electron chi connectivity index (χ1n) is 7.76. The van der Waals surface area contributed by atoms with Crippen molar-refractivity contribution >= 4 is 18.5 Å². The minimum Gasteiger partial charge on any atom is -0.364 e. The highest BCUT2D eigenvalue weighted by Crippen LogP contribution is 2.41. The molecular formula is C18H18N4S. The number of hydrogen-bond donors (Lipinski definition) is 1. The minimum atomic E-state index is 0.386. The number of rotatable bonds is 1. The molecule has 2 aromatic carbocycles. The van der Waals surface area contributed by atoms with Crippen molar-refractivity contribution in [3.05, 3.63) is 54.1 Å². The zero-order valence-electron chi connectivity index (χ0n) is 13.1. The van der Waals surface area contributed by atoms with Crippen LogP contribution in [0.3, 0.4) is 0 Å². The summed E-state index contributed by atoms with van der Waals surface area (Å²) in [4.78, 5) is 2.41. The third kappa shape index (κ3) is 2.23. The average Bonchev–Trinajstić information content (AvgIpc) is 2.92. The highest BCUT2D eigenvalue weighted by molar-refractivity contribution is 7.78. The van der Waals surface area contributed by atoms with E-state index in [1.54, 1.807) is 4.09 Å². The molecule has 116 valence electrons. The SMILES string of the molecule is CC(C)N1Cc2ccccc2-c2c(nnn2S)-c2ccccc21. The molecule has 0 N–H and O–H groups in total. The summed E-state index contributed by atoms with van der Waals surface area (Å²) in [5, 5.41) is 8.56.